The van der Waals surface area contributed by atoms with Crippen LogP contribution in [0.15, 0.2) is 48.8 Å². The highest BCUT2D eigenvalue weighted by Crippen LogP contribution is 2.48. The van der Waals surface area contributed by atoms with Crippen LogP contribution in [0.1, 0.15) is 30.7 Å². The first-order valence-corrected chi connectivity index (χ1v) is 9.15. The number of halogens is 1. The molecule has 4 aromatic rings. The molecule has 1 aliphatic rings. The predicted octanol–water partition coefficient (Wildman–Crippen LogP) is 4.48. The molecule has 0 atom stereocenters. The molecule has 2 heterocycles. The first kappa shape index (κ1) is 15.6. The van der Waals surface area contributed by atoms with Crippen LogP contribution in [-0.2, 0) is 12.5 Å². The molecule has 0 spiro atoms. The normalized spacial score (nSPS) is 15.9. The van der Waals surface area contributed by atoms with Crippen molar-refractivity contribution in [1.82, 2.24) is 24.7 Å². The van der Waals surface area contributed by atoms with E-state index in [-0.39, 0.29) is 5.41 Å². The van der Waals surface area contributed by atoms with Crippen molar-refractivity contribution >= 4 is 22.6 Å². The van der Waals surface area contributed by atoms with Gasteiger partial charge in [0.15, 0.2) is 5.82 Å². The third-order valence-corrected chi connectivity index (χ3v) is 5.84. The Labute approximate surface area is 156 Å². The second kappa shape index (κ2) is 5.68. The van der Waals surface area contributed by atoms with Crippen LogP contribution in [0, 0.1) is 0 Å². The summed E-state index contributed by atoms with van der Waals surface area (Å²) < 4.78 is 2.13. The summed E-state index contributed by atoms with van der Waals surface area (Å²) in [7, 11) is 2.05. The van der Waals surface area contributed by atoms with Gasteiger partial charge >= 0.3 is 0 Å². The molecule has 5 rings (SSSR count). The number of benzene rings is 2. The van der Waals surface area contributed by atoms with Gasteiger partial charge in [-0.25, -0.2) is 4.98 Å². The lowest BCUT2D eigenvalue weighted by molar-refractivity contribution is 0.278. The van der Waals surface area contributed by atoms with Gasteiger partial charge in [0.1, 0.15) is 5.82 Å². The van der Waals surface area contributed by atoms with Gasteiger partial charge in [-0.3, -0.25) is 0 Å². The molecule has 6 heteroatoms. The van der Waals surface area contributed by atoms with Gasteiger partial charge in [-0.15, -0.1) is 10.2 Å². The predicted molar refractivity (Wildman–Crippen MR) is 102 cm³/mol. The summed E-state index contributed by atoms with van der Waals surface area (Å²) in [5.41, 5.74) is 4.19. The number of imidazole rings is 1. The van der Waals surface area contributed by atoms with Crippen LogP contribution in [0.4, 0.5) is 0 Å². The fourth-order valence-corrected chi connectivity index (χ4v) is 4.14. The van der Waals surface area contributed by atoms with E-state index < -0.39 is 0 Å². The molecule has 0 saturated heterocycles. The molecule has 1 aliphatic carbocycles. The smallest absolute Gasteiger partial charge is 0.163 e. The van der Waals surface area contributed by atoms with E-state index >= 15 is 0 Å². The summed E-state index contributed by atoms with van der Waals surface area (Å²) in [5, 5.41) is 9.89. The second-order valence-electron chi connectivity index (χ2n) is 6.98. The highest BCUT2D eigenvalue weighted by atomic mass is 35.5. The maximum Gasteiger partial charge on any atom is 0.163 e. The van der Waals surface area contributed by atoms with Crippen molar-refractivity contribution in [3.8, 4) is 11.4 Å². The molecular formula is C20H18ClN5. The maximum absolute atomic E-state index is 6.08. The zero-order valence-corrected chi connectivity index (χ0v) is 15.2. The number of H-pyrrole nitrogens is 1. The van der Waals surface area contributed by atoms with Crippen molar-refractivity contribution in [1.29, 1.82) is 0 Å². The van der Waals surface area contributed by atoms with Crippen LogP contribution in [0.3, 0.4) is 0 Å². The molecule has 1 saturated carbocycles. The molecule has 0 amide bonds. The lowest BCUT2D eigenvalue weighted by atomic mass is 9.64. The number of fused-ring (bicyclic) bond motifs is 1. The summed E-state index contributed by atoms with van der Waals surface area (Å²) in [6.07, 6.45) is 5.08. The topological polar surface area (TPSA) is 59.4 Å². The number of rotatable bonds is 3. The standard InChI is InChI=1S/C20H18ClN5/c1-26-18(13-3-8-16-17(11-13)23-12-22-16)24-25-19(26)20(9-2-10-20)14-4-6-15(21)7-5-14/h3-8,11-12H,2,9-10H2,1H3,(H,22,23). The second-order valence-corrected chi connectivity index (χ2v) is 7.42. The van der Waals surface area contributed by atoms with E-state index in [0.29, 0.717) is 0 Å². The Morgan fingerprint density at radius 2 is 1.88 bits per heavy atom. The fraction of sp³-hybridized carbons (Fsp3) is 0.250. The lowest BCUT2D eigenvalue weighted by Crippen LogP contribution is -2.38. The molecule has 130 valence electrons. The summed E-state index contributed by atoms with van der Waals surface area (Å²) in [6, 6.07) is 14.3. The molecule has 0 aliphatic heterocycles. The molecule has 0 radical (unpaired) electrons. The fourth-order valence-electron chi connectivity index (χ4n) is 4.01. The minimum absolute atomic E-state index is 0.0668. The minimum atomic E-state index is -0.0668. The van der Waals surface area contributed by atoms with Crippen molar-refractivity contribution in [2.24, 2.45) is 7.05 Å². The first-order chi connectivity index (χ1) is 12.7. The largest absolute Gasteiger partial charge is 0.345 e. The van der Waals surface area contributed by atoms with Crippen LogP contribution < -0.4 is 0 Å². The monoisotopic (exact) mass is 363 g/mol. The van der Waals surface area contributed by atoms with Crippen LogP contribution in [0.2, 0.25) is 5.02 Å². The third-order valence-electron chi connectivity index (χ3n) is 5.59. The van der Waals surface area contributed by atoms with E-state index in [4.69, 9.17) is 11.6 Å². The quantitative estimate of drug-likeness (QED) is 0.583. The van der Waals surface area contributed by atoms with Crippen LogP contribution in [0.5, 0.6) is 0 Å². The van der Waals surface area contributed by atoms with Crippen LogP contribution in [-0.4, -0.2) is 24.7 Å². The van der Waals surface area contributed by atoms with Crippen LogP contribution in [0.25, 0.3) is 22.4 Å². The Bertz CT molecular complexity index is 1090. The summed E-state index contributed by atoms with van der Waals surface area (Å²) in [4.78, 5) is 7.44. The van der Waals surface area contributed by atoms with Crippen molar-refractivity contribution < 1.29 is 0 Å². The van der Waals surface area contributed by atoms with Crippen molar-refractivity contribution in [3.63, 3.8) is 0 Å². The van der Waals surface area contributed by atoms with E-state index in [2.05, 4.69) is 50.0 Å². The highest BCUT2D eigenvalue weighted by molar-refractivity contribution is 6.30. The molecule has 0 unspecified atom stereocenters. The Morgan fingerprint density at radius 1 is 1.08 bits per heavy atom. The summed E-state index contributed by atoms with van der Waals surface area (Å²) >= 11 is 6.08. The van der Waals surface area contributed by atoms with E-state index in [9.17, 15) is 0 Å². The summed E-state index contributed by atoms with van der Waals surface area (Å²) in [6.45, 7) is 0. The number of hydrogen-bond donors (Lipinski definition) is 1. The number of hydrogen-bond acceptors (Lipinski definition) is 3. The van der Waals surface area contributed by atoms with Crippen molar-refractivity contribution in [3.05, 3.63) is 65.2 Å². The molecule has 26 heavy (non-hydrogen) atoms. The Balaban J connectivity index is 1.61. The molecular weight excluding hydrogens is 346 g/mol. The Morgan fingerprint density at radius 3 is 2.62 bits per heavy atom. The molecule has 5 nitrogen and oxygen atoms in total. The summed E-state index contributed by atoms with van der Waals surface area (Å²) in [5.74, 6) is 1.89. The minimum Gasteiger partial charge on any atom is -0.345 e. The van der Waals surface area contributed by atoms with Crippen molar-refractivity contribution in [2.45, 2.75) is 24.7 Å². The van der Waals surface area contributed by atoms with Gasteiger partial charge in [0.2, 0.25) is 0 Å². The van der Waals surface area contributed by atoms with Gasteiger partial charge in [-0.1, -0.05) is 30.2 Å². The van der Waals surface area contributed by atoms with Gasteiger partial charge in [-0.05, 0) is 48.7 Å². The van der Waals surface area contributed by atoms with E-state index in [1.54, 1.807) is 6.33 Å². The van der Waals surface area contributed by atoms with Gasteiger partial charge in [0.05, 0.1) is 22.8 Å². The number of aromatic nitrogens is 5. The van der Waals surface area contributed by atoms with Gasteiger partial charge in [-0.2, -0.15) is 0 Å². The zero-order chi connectivity index (χ0) is 17.7. The Hall–Kier alpha value is -2.66. The number of aromatic amines is 1. The van der Waals surface area contributed by atoms with Crippen LogP contribution >= 0.6 is 11.6 Å². The average molecular weight is 364 g/mol. The van der Waals surface area contributed by atoms with Crippen molar-refractivity contribution in [2.75, 3.05) is 0 Å². The van der Waals surface area contributed by atoms with Gasteiger partial charge in [0.25, 0.3) is 0 Å². The zero-order valence-electron chi connectivity index (χ0n) is 14.4. The molecule has 1 N–H and O–H groups in total. The van der Waals surface area contributed by atoms with Gasteiger partial charge < -0.3 is 9.55 Å². The number of nitrogens with zero attached hydrogens (tertiary/aromatic N) is 4. The number of nitrogens with one attached hydrogen (secondary N) is 1. The Kier molecular flexibility index (Phi) is 3.40. The average Bonchev–Trinajstić information content (AvgIpc) is 3.22. The molecule has 2 aromatic heterocycles. The molecule has 0 bridgehead atoms. The highest BCUT2D eigenvalue weighted by Gasteiger charge is 2.44. The maximum atomic E-state index is 6.08. The van der Waals surface area contributed by atoms with E-state index in [1.807, 2.05) is 24.3 Å². The van der Waals surface area contributed by atoms with E-state index in [0.717, 1.165) is 46.1 Å². The van der Waals surface area contributed by atoms with E-state index in [1.165, 1.54) is 12.0 Å². The molecule has 2 aromatic carbocycles. The lowest BCUT2D eigenvalue weighted by Gasteiger charge is -2.41. The third kappa shape index (κ3) is 2.20. The van der Waals surface area contributed by atoms with Gasteiger partial charge in [0, 0.05) is 17.6 Å². The molecule has 1 fully saturated rings. The first-order valence-electron chi connectivity index (χ1n) is 8.77. The SMILES string of the molecule is Cn1c(-c2ccc3nc[nH]c3c2)nnc1C1(c2ccc(Cl)cc2)CCC1.